The van der Waals surface area contributed by atoms with Gasteiger partial charge in [-0.25, -0.2) is 0 Å². The summed E-state index contributed by atoms with van der Waals surface area (Å²) in [6.07, 6.45) is 3.46. The molecule has 5 nitrogen and oxygen atoms in total. The highest BCUT2D eigenvalue weighted by atomic mass is 16.5. The number of carbonyl (C=O) groups excluding carboxylic acids is 1. The molecule has 2 aliphatic heterocycles. The number of carbonyl (C=O) groups is 1. The molecule has 24 heavy (non-hydrogen) atoms. The lowest BCUT2D eigenvalue weighted by Crippen LogP contribution is -2.39. The van der Waals surface area contributed by atoms with Crippen LogP contribution in [0.5, 0.6) is 5.75 Å². The van der Waals surface area contributed by atoms with Crippen LogP contribution in [0.2, 0.25) is 0 Å². The second-order valence-electron chi connectivity index (χ2n) is 6.60. The van der Waals surface area contributed by atoms with Gasteiger partial charge in [0.1, 0.15) is 5.75 Å². The molecule has 1 amide bonds. The number of ether oxygens (including phenoxy) is 2. The van der Waals surface area contributed by atoms with Gasteiger partial charge in [-0.2, -0.15) is 0 Å². The Hall–Kier alpha value is -1.59. The largest absolute Gasteiger partial charge is 0.496 e. The summed E-state index contributed by atoms with van der Waals surface area (Å²) in [4.78, 5) is 17.1. The minimum Gasteiger partial charge on any atom is -0.496 e. The van der Waals surface area contributed by atoms with Gasteiger partial charge in [0, 0.05) is 45.2 Å². The Labute approximate surface area is 144 Å². The lowest BCUT2D eigenvalue weighted by molar-refractivity contribution is -0.131. The van der Waals surface area contributed by atoms with E-state index in [1.807, 2.05) is 29.2 Å². The molecule has 1 unspecified atom stereocenters. The van der Waals surface area contributed by atoms with Crippen LogP contribution in [0.25, 0.3) is 0 Å². The zero-order chi connectivity index (χ0) is 16.8. The van der Waals surface area contributed by atoms with Crippen LogP contribution < -0.4 is 4.74 Å². The van der Waals surface area contributed by atoms with Crippen molar-refractivity contribution in [2.24, 2.45) is 0 Å². The van der Waals surface area contributed by atoms with Crippen molar-refractivity contribution in [1.29, 1.82) is 0 Å². The molecule has 0 spiro atoms. The van der Waals surface area contributed by atoms with E-state index in [1.54, 1.807) is 7.11 Å². The fraction of sp³-hybridized carbons (Fsp3) is 0.632. The highest BCUT2D eigenvalue weighted by molar-refractivity contribution is 5.76. The minimum atomic E-state index is 0.255. The number of methoxy groups -OCH3 is 1. The van der Waals surface area contributed by atoms with E-state index in [0.717, 1.165) is 70.0 Å². The Bertz CT molecular complexity index is 543. The number of benzene rings is 1. The molecule has 0 saturated carbocycles. The van der Waals surface area contributed by atoms with E-state index in [-0.39, 0.29) is 5.91 Å². The van der Waals surface area contributed by atoms with Gasteiger partial charge in [0.15, 0.2) is 0 Å². The van der Waals surface area contributed by atoms with E-state index in [2.05, 4.69) is 4.90 Å². The molecule has 0 radical (unpaired) electrons. The average molecular weight is 332 g/mol. The average Bonchev–Trinajstić information content (AvgIpc) is 3.04. The number of amides is 1. The molecular formula is C19H28N2O3. The fourth-order valence-corrected chi connectivity index (χ4v) is 3.67. The highest BCUT2D eigenvalue weighted by Gasteiger charge is 2.26. The first kappa shape index (κ1) is 17.2. The van der Waals surface area contributed by atoms with Crippen molar-refractivity contribution in [3.63, 3.8) is 0 Å². The second-order valence-corrected chi connectivity index (χ2v) is 6.60. The first-order chi connectivity index (χ1) is 11.8. The van der Waals surface area contributed by atoms with Crippen molar-refractivity contribution < 1.29 is 14.3 Å². The lowest BCUT2D eigenvalue weighted by atomic mass is 10.1. The summed E-state index contributed by atoms with van der Waals surface area (Å²) >= 11 is 0. The van der Waals surface area contributed by atoms with Crippen LogP contribution in [-0.2, 0) is 16.0 Å². The van der Waals surface area contributed by atoms with Crippen molar-refractivity contribution in [2.45, 2.75) is 31.7 Å². The van der Waals surface area contributed by atoms with Crippen LogP contribution in [0.4, 0.5) is 0 Å². The summed E-state index contributed by atoms with van der Waals surface area (Å²) in [6, 6.07) is 8.49. The predicted molar refractivity (Wildman–Crippen MR) is 93.3 cm³/mol. The van der Waals surface area contributed by atoms with Crippen LogP contribution in [0.1, 0.15) is 24.8 Å². The molecular weight excluding hydrogens is 304 g/mol. The number of hydrogen-bond donors (Lipinski definition) is 0. The molecule has 1 aromatic rings. The number of para-hydroxylation sites is 1. The van der Waals surface area contributed by atoms with Crippen LogP contribution in [0, 0.1) is 0 Å². The third-order valence-electron chi connectivity index (χ3n) is 5.11. The molecule has 5 heteroatoms. The zero-order valence-electron chi connectivity index (χ0n) is 14.6. The van der Waals surface area contributed by atoms with Gasteiger partial charge in [0.05, 0.1) is 13.7 Å². The van der Waals surface area contributed by atoms with Crippen molar-refractivity contribution in [3.05, 3.63) is 29.8 Å². The van der Waals surface area contributed by atoms with Crippen molar-refractivity contribution in [3.8, 4) is 5.75 Å². The molecule has 0 N–H and O–H groups in total. The Morgan fingerprint density at radius 2 is 2.12 bits per heavy atom. The molecule has 3 rings (SSSR count). The van der Waals surface area contributed by atoms with E-state index in [9.17, 15) is 4.79 Å². The van der Waals surface area contributed by atoms with Gasteiger partial charge in [-0.1, -0.05) is 18.2 Å². The Kier molecular flexibility index (Phi) is 6.10. The molecule has 0 bridgehead atoms. The van der Waals surface area contributed by atoms with E-state index in [0.29, 0.717) is 12.5 Å². The first-order valence-corrected chi connectivity index (χ1v) is 8.99. The molecule has 1 aromatic carbocycles. The Balaban J connectivity index is 1.50. The molecule has 132 valence electrons. The van der Waals surface area contributed by atoms with Gasteiger partial charge >= 0.3 is 0 Å². The Morgan fingerprint density at radius 3 is 2.92 bits per heavy atom. The summed E-state index contributed by atoms with van der Waals surface area (Å²) in [5, 5.41) is 0. The molecule has 1 atom stereocenters. The molecule has 2 heterocycles. The van der Waals surface area contributed by atoms with Gasteiger partial charge in [-0.3, -0.25) is 9.69 Å². The van der Waals surface area contributed by atoms with Gasteiger partial charge < -0.3 is 14.4 Å². The van der Waals surface area contributed by atoms with Crippen LogP contribution in [0.15, 0.2) is 24.3 Å². The maximum absolute atomic E-state index is 12.6. The lowest BCUT2D eigenvalue weighted by Gasteiger charge is -2.26. The number of aryl methyl sites for hydroxylation is 1. The van der Waals surface area contributed by atoms with Crippen LogP contribution >= 0.6 is 0 Å². The van der Waals surface area contributed by atoms with Crippen LogP contribution in [0.3, 0.4) is 0 Å². The maximum Gasteiger partial charge on any atom is 0.222 e. The van der Waals surface area contributed by atoms with Gasteiger partial charge in [0.2, 0.25) is 5.91 Å². The second kappa shape index (κ2) is 8.49. The smallest absolute Gasteiger partial charge is 0.222 e. The normalized spacial score (nSPS) is 22.4. The number of rotatable bonds is 5. The third kappa shape index (κ3) is 4.28. The van der Waals surface area contributed by atoms with E-state index >= 15 is 0 Å². The SMILES string of the molecule is COc1ccccc1CCC(=O)N1CCCN(C2CCOC2)CC1. The molecule has 0 aliphatic carbocycles. The molecule has 2 aliphatic rings. The molecule has 2 saturated heterocycles. The summed E-state index contributed by atoms with van der Waals surface area (Å²) in [5.41, 5.74) is 1.10. The standard InChI is InChI=1S/C19H28N2O3/c1-23-18-6-3-2-5-16(18)7-8-19(22)21-11-4-10-20(12-13-21)17-9-14-24-15-17/h2-3,5-6,17H,4,7-15H2,1H3. The van der Waals surface area contributed by atoms with Gasteiger partial charge in [-0.05, 0) is 30.9 Å². The van der Waals surface area contributed by atoms with Crippen LogP contribution in [-0.4, -0.2) is 68.3 Å². The molecule has 2 fully saturated rings. The van der Waals surface area contributed by atoms with Gasteiger partial charge in [0.25, 0.3) is 0 Å². The number of nitrogens with zero attached hydrogens (tertiary/aromatic N) is 2. The quantitative estimate of drug-likeness (QED) is 0.826. The zero-order valence-corrected chi connectivity index (χ0v) is 14.6. The topological polar surface area (TPSA) is 42.0 Å². The van der Waals surface area contributed by atoms with E-state index < -0.39 is 0 Å². The fourth-order valence-electron chi connectivity index (χ4n) is 3.67. The van der Waals surface area contributed by atoms with Crippen molar-refractivity contribution >= 4 is 5.91 Å². The molecule has 0 aromatic heterocycles. The summed E-state index contributed by atoms with van der Waals surface area (Å²) in [6.45, 7) is 5.47. The van der Waals surface area contributed by atoms with Crippen molar-refractivity contribution in [1.82, 2.24) is 9.80 Å². The predicted octanol–water partition coefficient (Wildman–Crippen LogP) is 1.95. The summed E-state index contributed by atoms with van der Waals surface area (Å²) < 4.78 is 10.9. The summed E-state index contributed by atoms with van der Waals surface area (Å²) in [5.74, 6) is 1.12. The van der Waals surface area contributed by atoms with E-state index in [4.69, 9.17) is 9.47 Å². The Morgan fingerprint density at radius 1 is 1.25 bits per heavy atom. The summed E-state index contributed by atoms with van der Waals surface area (Å²) in [7, 11) is 1.68. The number of hydrogen-bond acceptors (Lipinski definition) is 4. The first-order valence-electron chi connectivity index (χ1n) is 8.99. The van der Waals surface area contributed by atoms with Crippen molar-refractivity contribution in [2.75, 3.05) is 46.5 Å². The maximum atomic E-state index is 12.6. The minimum absolute atomic E-state index is 0.255. The monoisotopic (exact) mass is 332 g/mol. The van der Waals surface area contributed by atoms with Gasteiger partial charge in [-0.15, -0.1) is 0 Å². The van der Waals surface area contributed by atoms with E-state index in [1.165, 1.54) is 0 Å². The highest BCUT2D eigenvalue weighted by Crippen LogP contribution is 2.20. The third-order valence-corrected chi connectivity index (χ3v) is 5.11.